The van der Waals surface area contributed by atoms with Gasteiger partial charge < -0.3 is 10.1 Å². The summed E-state index contributed by atoms with van der Waals surface area (Å²) in [5, 5.41) is 18.9. The van der Waals surface area contributed by atoms with Crippen molar-refractivity contribution in [1.29, 1.82) is 5.26 Å². The summed E-state index contributed by atoms with van der Waals surface area (Å²) in [6, 6.07) is 3.41. The Bertz CT molecular complexity index is 386. The molecule has 6 heteroatoms. The second kappa shape index (κ2) is 3.96. The molecule has 0 aliphatic heterocycles. The van der Waals surface area contributed by atoms with E-state index >= 15 is 0 Å². The van der Waals surface area contributed by atoms with E-state index in [0.717, 1.165) is 0 Å². The van der Waals surface area contributed by atoms with Gasteiger partial charge in [0.15, 0.2) is 0 Å². The summed E-state index contributed by atoms with van der Waals surface area (Å²) >= 11 is 3.12. The molecular formula is C7H4BrN3O2. The first-order valence-electron chi connectivity index (χ1n) is 3.31. The zero-order chi connectivity index (χ0) is 9.84. The zero-order valence-electron chi connectivity index (χ0n) is 6.40. The molecule has 0 aliphatic carbocycles. The molecule has 0 radical (unpaired) electrons. The van der Waals surface area contributed by atoms with Crippen molar-refractivity contribution in [3.63, 3.8) is 0 Å². The summed E-state index contributed by atoms with van der Waals surface area (Å²) in [6.45, 7) is 0. The van der Waals surface area contributed by atoms with Gasteiger partial charge in [-0.15, -0.1) is 0 Å². The third-order valence-electron chi connectivity index (χ3n) is 1.40. The normalized spacial score (nSPS) is 9.23. The molecule has 0 atom stereocenters. The molecule has 0 unspecified atom stereocenters. The molecular weight excluding hydrogens is 238 g/mol. The topological polar surface area (TPSA) is 79.8 Å². The molecule has 0 N–H and O–H groups in total. The van der Waals surface area contributed by atoms with Crippen LogP contribution in [0.4, 0.5) is 5.82 Å². The van der Waals surface area contributed by atoms with Crippen LogP contribution in [0, 0.1) is 21.4 Å². The lowest BCUT2D eigenvalue weighted by molar-refractivity contribution is -0.390. The minimum absolute atomic E-state index is 0.0231. The maximum Gasteiger partial charge on any atom is 0.368 e. The van der Waals surface area contributed by atoms with Gasteiger partial charge in [-0.25, -0.2) is 0 Å². The van der Waals surface area contributed by atoms with Crippen molar-refractivity contribution in [3.8, 4) is 6.07 Å². The van der Waals surface area contributed by atoms with Crippen molar-refractivity contribution in [2.45, 2.75) is 6.42 Å². The Morgan fingerprint density at radius 1 is 1.77 bits per heavy atom. The Morgan fingerprint density at radius 3 is 3.00 bits per heavy atom. The van der Waals surface area contributed by atoms with Gasteiger partial charge in [-0.1, -0.05) is 15.9 Å². The lowest BCUT2D eigenvalue weighted by atomic mass is 10.2. The van der Waals surface area contributed by atoms with Crippen LogP contribution in [0.5, 0.6) is 0 Å². The molecule has 13 heavy (non-hydrogen) atoms. The summed E-state index contributed by atoms with van der Waals surface area (Å²) in [7, 11) is 0. The smallest absolute Gasteiger partial charge is 0.358 e. The highest BCUT2D eigenvalue weighted by Gasteiger charge is 2.17. The molecule has 0 saturated carbocycles. The highest BCUT2D eigenvalue weighted by Crippen LogP contribution is 2.24. The molecule has 1 rings (SSSR count). The second-order valence-corrected chi connectivity index (χ2v) is 3.04. The first-order valence-corrected chi connectivity index (χ1v) is 4.11. The van der Waals surface area contributed by atoms with Crippen molar-refractivity contribution in [2.75, 3.05) is 0 Å². The third-order valence-corrected chi connectivity index (χ3v) is 2.15. The molecule has 1 aromatic rings. The Balaban J connectivity index is 3.27. The van der Waals surface area contributed by atoms with Gasteiger partial charge in [0.25, 0.3) is 0 Å². The van der Waals surface area contributed by atoms with Crippen molar-refractivity contribution < 1.29 is 4.92 Å². The quantitative estimate of drug-likeness (QED) is 0.585. The van der Waals surface area contributed by atoms with Gasteiger partial charge >= 0.3 is 5.82 Å². The molecule has 1 aromatic heterocycles. The number of halogens is 1. The lowest BCUT2D eigenvalue weighted by Crippen LogP contribution is -1.98. The van der Waals surface area contributed by atoms with Gasteiger partial charge in [-0.3, -0.25) is 0 Å². The minimum atomic E-state index is -0.600. The van der Waals surface area contributed by atoms with Crippen LogP contribution in [0.2, 0.25) is 0 Å². The molecule has 1 heterocycles. The second-order valence-electron chi connectivity index (χ2n) is 2.19. The highest BCUT2D eigenvalue weighted by atomic mass is 79.9. The number of hydrogen-bond donors (Lipinski definition) is 0. The Kier molecular flexibility index (Phi) is 2.93. The molecule has 0 saturated heterocycles. The van der Waals surface area contributed by atoms with E-state index in [2.05, 4.69) is 20.9 Å². The lowest BCUT2D eigenvalue weighted by Gasteiger charge is -1.99. The molecule has 0 aromatic carbocycles. The largest absolute Gasteiger partial charge is 0.368 e. The summed E-state index contributed by atoms with van der Waals surface area (Å²) in [5.74, 6) is -0.268. The van der Waals surface area contributed by atoms with E-state index in [-0.39, 0.29) is 12.2 Å². The van der Waals surface area contributed by atoms with E-state index in [0.29, 0.717) is 10.0 Å². The first-order chi connectivity index (χ1) is 6.16. The van der Waals surface area contributed by atoms with E-state index in [1.54, 1.807) is 6.07 Å². The molecule has 66 valence electrons. The van der Waals surface area contributed by atoms with Crippen LogP contribution in [0.15, 0.2) is 16.7 Å². The summed E-state index contributed by atoms with van der Waals surface area (Å²) in [4.78, 5) is 13.4. The van der Waals surface area contributed by atoms with Crippen LogP contribution in [0.3, 0.4) is 0 Å². The monoisotopic (exact) mass is 241 g/mol. The fraction of sp³-hybridized carbons (Fsp3) is 0.143. The van der Waals surface area contributed by atoms with Gasteiger partial charge in [-0.05, 0) is 16.0 Å². The zero-order valence-corrected chi connectivity index (χ0v) is 7.98. The Hall–Kier alpha value is -1.48. The SMILES string of the molecule is N#CCc1c(Br)ccnc1[N+](=O)[O-]. The summed E-state index contributed by atoms with van der Waals surface area (Å²) in [6.07, 6.45) is 1.30. The number of nitrogens with zero attached hydrogens (tertiary/aromatic N) is 3. The standard InChI is InChI=1S/C7H4BrN3O2/c8-6-2-4-10-7(11(12)13)5(6)1-3-9/h2,4H,1H2. The van der Waals surface area contributed by atoms with E-state index in [4.69, 9.17) is 5.26 Å². The van der Waals surface area contributed by atoms with Gasteiger partial charge in [0, 0.05) is 4.47 Å². The fourth-order valence-electron chi connectivity index (χ4n) is 0.859. The van der Waals surface area contributed by atoms with E-state index in [9.17, 15) is 10.1 Å². The first kappa shape index (κ1) is 9.61. The fourth-order valence-corrected chi connectivity index (χ4v) is 1.29. The van der Waals surface area contributed by atoms with Crippen molar-refractivity contribution in [1.82, 2.24) is 4.98 Å². The van der Waals surface area contributed by atoms with Gasteiger partial charge in [0.2, 0.25) is 0 Å². The van der Waals surface area contributed by atoms with Gasteiger partial charge in [0.05, 0.1) is 18.1 Å². The number of nitro groups is 1. The van der Waals surface area contributed by atoms with E-state index < -0.39 is 4.92 Å². The Labute approximate surface area is 82.3 Å². The maximum atomic E-state index is 10.5. The van der Waals surface area contributed by atoms with Crippen LogP contribution in [0.1, 0.15) is 5.56 Å². The van der Waals surface area contributed by atoms with Crippen molar-refractivity contribution >= 4 is 21.7 Å². The molecule has 0 spiro atoms. The molecule has 5 nitrogen and oxygen atoms in total. The number of pyridine rings is 1. The van der Waals surface area contributed by atoms with Crippen molar-refractivity contribution in [3.05, 3.63) is 32.4 Å². The molecule has 0 aliphatic rings. The number of nitriles is 1. The van der Waals surface area contributed by atoms with Crippen molar-refractivity contribution in [2.24, 2.45) is 0 Å². The molecule has 0 bridgehead atoms. The third kappa shape index (κ3) is 2.00. The number of hydrogen-bond acceptors (Lipinski definition) is 4. The average molecular weight is 242 g/mol. The van der Waals surface area contributed by atoms with Crippen LogP contribution < -0.4 is 0 Å². The average Bonchev–Trinajstić information content (AvgIpc) is 2.08. The summed E-state index contributed by atoms with van der Waals surface area (Å²) in [5.41, 5.74) is 0.315. The van der Waals surface area contributed by atoms with Crippen LogP contribution in [-0.2, 0) is 6.42 Å². The molecule has 0 fully saturated rings. The Morgan fingerprint density at radius 2 is 2.46 bits per heavy atom. The van der Waals surface area contributed by atoms with E-state index in [1.807, 2.05) is 6.07 Å². The van der Waals surface area contributed by atoms with Crippen LogP contribution >= 0.6 is 15.9 Å². The van der Waals surface area contributed by atoms with E-state index in [1.165, 1.54) is 6.20 Å². The predicted octanol–water partition coefficient (Wildman–Crippen LogP) is 1.82. The van der Waals surface area contributed by atoms with Gasteiger partial charge in [-0.2, -0.15) is 5.26 Å². The molecule has 0 amide bonds. The minimum Gasteiger partial charge on any atom is -0.358 e. The number of aromatic nitrogens is 1. The summed E-state index contributed by atoms with van der Waals surface area (Å²) < 4.78 is 0.538. The predicted molar refractivity (Wildman–Crippen MR) is 47.9 cm³/mol. The van der Waals surface area contributed by atoms with Crippen LogP contribution in [0.25, 0.3) is 0 Å². The van der Waals surface area contributed by atoms with Crippen LogP contribution in [-0.4, -0.2) is 9.91 Å². The highest BCUT2D eigenvalue weighted by molar-refractivity contribution is 9.10. The van der Waals surface area contributed by atoms with Gasteiger partial charge in [0.1, 0.15) is 6.20 Å². The maximum absolute atomic E-state index is 10.5. The number of rotatable bonds is 2.